The molecular weight excluding hydrogens is 335 g/mol. The quantitative estimate of drug-likeness (QED) is 0.740. The third-order valence-corrected chi connectivity index (χ3v) is 4.09. The van der Waals surface area contributed by atoms with Gasteiger partial charge in [-0.15, -0.1) is 0 Å². The van der Waals surface area contributed by atoms with E-state index in [9.17, 15) is 13.2 Å². The molecule has 2 nitrogen and oxygen atoms in total. The zero-order valence-electron chi connectivity index (χ0n) is 11.4. The number of hydrogen-bond donors (Lipinski definition) is 0. The van der Waals surface area contributed by atoms with Crippen LogP contribution in [0.2, 0.25) is 0 Å². The van der Waals surface area contributed by atoms with Gasteiger partial charge in [0, 0.05) is 23.6 Å². The number of hydrogen-bond acceptors (Lipinski definition) is 2. The lowest BCUT2D eigenvalue weighted by Crippen LogP contribution is -2.47. The summed E-state index contributed by atoms with van der Waals surface area (Å²) < 4.78 is 44.8. The molecule has 1 aliphatic heterocycles. The molecular formula is C14H17BrF3NO. The van der Waals surface area contributed by atoms with E-state index in [2.05, 4.69) is 15.9 Å². The van der Waals surface area contributed by atoms with Crippen LogP contribution in [-0.4, -0.2) is 25.3 Å². The molecule has 0 aliphatic carbocycles. The van der Waals surface area contributed by atoms with E-state index in [0.29, 0.717) is 18.8 Å². The molecule has 1 aromatic rings. The predicted molar refractivity (Wildman–Crippen MR) is 76.3 cm³/mol. The fourth-order valence-corrected chi connectivity index (χ4v) is 2.88. The molecule has 1 aliphatic rings. The van der Waals surface area contributed by atoms with Gasteiger partial charge in [0.05, 0.1) is 18.3 Å². The van der Waals surface area contributed by atoms with Gasteiger partial charge in [-0.2, -0.15) is 13.2 Å². The Morgan fingerprint density at radius 2 is 2.05 bits per heavy atom. The van der Waals surface area contributed by atoms with E-state index in [1.165, 1.54) is 6.07 Å². The molecule has 20 heavy (non-hydrogen) atoms. The van der Waals surface area contributed by atoms with E-state index in [1.54, 1.807) is 12.1 Å². The minimum atomic E-state index is -4.33. The lowest BCUT2D eigenvalue weighted by Gasteiger charge is -2.38. The molecule has 6 heteroatoms. The van der Waals surface area contributed by atoms with E-state index in [-0.39, 0.29) is 23.0 Å². The van der Waals surface area contributed by atoms with Gasteiger partial charge in [0.25, 0.3) is 0 Å². The van der Waals surface area contributed by atoms with Gasteiger partial charge in [-0.05, 0) is 31.5 Å². The third-order valence-electron chi connectivity index (χ3n) is 3.48. The average Bonchev–Trinajstić information content (AvgIpc) is 2.40. The van der Waals surface area contributed by atoms with Gasteiger partial charge in [0.15, 0.2) is 0 Å². The van der Waals surface area contributed by atoms with Crippen LogP contribution >= 0.6 is 15.9 Å². The molecule has 0 saturated carbocycles. The summed E-state index contributed by atoms with van der Waals surface area (Å²) in [7, 11) is 0. The van der Waals surface area contributed by atoms with Crippen LogP contribution in [0.4, 0.5) is 18.9 Å². The van der Waals surface area contributed by atoms with Crippen LogP contribution in [0.25, 0.3) is 0 Å². The van der Waals surface area contributed by atoms with Crippen molar-refractivity contribution in [3.63, 3.8) is 0 Å². The Morgan fingerprint density at radius 1 is 1.35 bits per heavy atom. The lowest BCUT2D eigenvalue weighted by molar-refractivity contribution is -0.138. The van der Waals surface area contributed by atoms with Crippen molar-refractivity contribution in [2.24, 2.45) is 0 Å². The highest BCUT2D eigenvalue weighted by Crippen LogP contribution is 2.36. The first kappa shape index (κ1) is 15.6. The highest BCUT2D eigenvalue weighted by atomic mass is 79.9. The molecule has 2 unspecified atom stereocenters. The van der Waals surface area contributed by atoms with Gasteiger partial charge in [-0.3, -0.25) is 0 Å². The van der Waals surface area contributed by atoms with Crippen LogP contribution in [0.1, 0.15) is 25.0 Å². The Hall–Kier alpha value is -0.750. The lowest BCUT2D eigenvalue weighted by atomic mass is 10.1. The van der Waals surface area contributed by atoms with Crippen molar-refractivity contribution in [2.45, 2.75) is 37.5 Å². The number of halogens is 4. The SMILES string of the molecule is CC1CN(c2ccc(CBr)c(C(F)(F)F)c2)C(C)CO1. The van der Waals surface area contributed by atoms with Crippen molar-refractivity contribution in [3.8, 4) is 0 Å². The maximum absolute atomic E-state index is 13.1. The fraction of sp³-hybridized carbons (Fsp3) is 0.571. The summed E-state index contributed by atoms with van der Waals surface area (Å²) in [5, 5.41) is 0.192. The first-order valence-electron chi connectivity index (χ1n) is 6.47. The van der Waals surface area contributed by atoms with Gasteiger partial charge in [0.2, 0.25) is 0 Å². The summed E-state index contributed by atoms with van der Waals surface area (Å²) in [4.78, 5) is 1.97. The summed E-state index contributed by atoms with van der Waals surface area (Å²) >= 11 is 3.11. The van der Waals surface area contributed by atoms with Crippen molar-refractivity contribution in [1.29, 1.82) is 0 Å². The second kappa shape index (κ2) is 5.93. The van der Waals surface area contributed by atoms with Crippen LogP contribution in [-0.2, 0) is 16.2 Å². The molecule has 1 heterocycles. The Kier molecular flexibility index (Phi) is 4.64. The largest absolute Gasteiger partial charge is 0.416 e. The first-order chi connectivity index (χ1) is 9.32. The summed E-state index contributed by atoms with van der Waals surface area (Å²) in [6.45, 7) is 5.02. The topological polar surface area (TPSA) is 12.5 Å². The maximum atomic E-state index is 13.1. The zero-order valence-corrected chi connectivity index (χ0v) is 13.0. The van der Waals surface area contributed by atoms with E-state index in [0.717, 1.165) is 0 Å². The average molecular weight is 352 g/mol. The number of rotatable bonds is 2. The minimum Gasteiger partial charge on any atom is -0.375 e. The van der Waals surface area contributed by atoms with Gasteiger partial charge < -0.3 is 9.64 Å². The predicted octanol–water partition coefficient (Wildman–Crippen LogP) is 4.21. The van der Waals surface area contributed by atoms with Gasteiger partial charge in [0.1, 0.15) is 0 Å². The highest BCUT2D eigenvalue weighted by molar-refractivity contribution is 9.08. The number of alkyl halides is 4. The molecule has 0 aromatic heterocycles. The molecule has 0 bridgehead atoms. The molecule has 0 spiro atoms. The zero-order chi connectivity index (χ0) is 14.9. The highest BCUT2D eigenvalue weighted by Gasteiger charge is 2.34. The Labute approximate surface area is 125 Å². The smallest absolute Gasteiger partial charge is 0.375 e. The van der Waals surface area contributed by atoms with Crippen molar-refractivity contribution in [3.05, 3.63) is 29.3 Å². The second-order valence-corrected chi connectivity index (χ2v) is 5.68. The van der Waals surface area contributed by atoms with Crippen molar-refractivity contribution < 1.29 is 17.9 Å². The standard InChI is InChI=1S/C14H17BrF3NO/c1-9-8-20-10(2)7-19(9)12-4-3-11(6-15)13(5-12)14(16,17)18/h3-5,9-10H,6-8H2,1-2H3. The maximum Gasteiger partial charge on any atom is 0.416 e. The number of benzene rings is 1. The minimum absolute atomic E-state index is 0.0244. The summed E-state index contributed by atoms with van der Waals surface area (Å²) in [5.74, 6) is 0. The van der Waals surface area contributed by atoms with Crippen LogP contribution in [0, 0.1) is 0 Å². The molecule has 1 fully saturated rings. The Morgan fingerprint density at radius 3 is 2.65 bits per heavy atom. The molecule has 112 valence electrons. The van der Waals surface area contributed by atoms with Crippen LogP contribution in [0.5, 0.6) is 0 Å². The molecule has 0 radical (unpaired) electrons. The Bertz CT molecular complexity index is 478. The number of ether oxygens (including phenoxy) is 1. The number of morpholine rings is 1. The molecule has 2 rings (SSSR count). The normalized spacial score (nSPS) is 24.0. The van der Waals surface area contributed by atoms with E-state index in [1.807, 2.05) is 18.7 Å². The van der Waals surface area contributed by atoms with Gasteiger partial charge in [-0.1, -0.05) is 22.0 Å². The number of anilines is 1. The molecule has 1 aromatic carbocycles. The van der Waals surface area contributed by atoms with Crippen LogP contribution in [0.15, 0.2) is 18.2 Å². The molecule has 2 atom stereocenters. The van der Waals surface area contributed by atoms with Crippen LogP contribution in [0.3, 0.4) is 0 Å². The first-order valence-corrected chi connectivity index (χ1v) is 7.59. The summed E-state index contributed by atoms with van der Waals surface area (Å²) in [6.07, 6.45) is -4.31. The van der Waals surface area contributed by atoms with Gasteiger partial charge >= 0.3 is 6.18 Å². The van der Waals surface area contributed by atoms with Crippen molar-refractivity contribution >= 4 is 21.6 Å². The van der Waals surface area contributed by atoms with E-state index in [4.69, 9.17) is 4.74 Å². The second-order valence-electron chi connectivity index (χ2n) is 5.12. The fourth-order valence-electron chi connectivity index (χ4n) is 2.39. The summed E-state index contributed by atoms with van der Waals surface area (Å²) in [5.41, 5.74) is 0.290. The molecule has 1 saturated heterocycles. The third kappa shape index (κ3) is 3.28. The van der Waals surface area contributed by atoms with Crippen molar-refractivity contribution in [2.75, 3.05) is 18.1 Å². The van der Waals surface area contributed by atoms with Gasteiger partial charge in [-0.25, -0.2) is 0 Å². The van der Waals surface area contributed by atoms with Crippen molar-refractivity contribution in [1.82, 2.24) is 0 Å². The van der Waals surface area contributed by atoms with Crippen LogP contribution < -0.4 is 4.90 Å². The van der Waals surface area contributed by atoms with E-state index < -0.39 is 11.7 Å². The van der Waals surface area contributed by atoms with E-state index >= 15 is 0 Å². The summed E-state index contributed by atoms with van der Waals surface area (Å²) in [6, 6.07) is 4.60. The Balaban J connectivity index is 2.37. The molecule has 0 amide bonds. The molecule has 0 N–H and O–H groups in total. The monoisotopic (exact) mass is 351 g/mol. The number of nitrogens with zero attached hydrogens (tertiary/aromatic N) is 1.